The SMILES string of the molecule is O=C1c2cc3c(cc2C(F)(F)CCC1(F)F)c1cc(-c2c(F)cccc2F)cc2c4cc5c(cc4n3c12)c1cc(-c2c(F)cccc2F)cc2c3cc4c(cc3n5c21)C(=O)C1(F)CCC4(F)CC1. The van der Waals surface area contributed by atoms with E-state index in [0.29, 0.717) is 59.9 Å². The summed E-state index contributed by atoms with van der Waals surface area (Å²) in [6.07, 6.45) is -3.76. The van der Waals surface area contributed by atoms with Crippen molar-refractivity contribution < 1.29 is 53.5 Å². The summed E-state index contributed by atoms with van der Waals surface area (Å²) in [7, 11) is 0. The Morgan fingerprint density at radius 3 is 1.21 bits per heavy atom. The number of carbonyl (C=O) groups excluding carboxylic acids is 2. The first kappa shape index (κ1) is 39.9. The van der Waals surface area contributed by atoms with Gasteiger partial charge in [-0.15, -0.1) is 0 Å². The smallest absolute Gasteiger partial charge is 0.308 e. The first-order valence-electron chi connectivity index (χ1n) is 22.0. The summed E-state index contributed by atoms with van der Waals surface area (Å²) in [4.78, 5) is 27.5. The minimum atomic E-state index is -4.11. The van der Waals surface area contributed by atoms with E-state index in [0.717, 1.165) is 36.4 Å². The second kappa shape index (κ2) is 12.5. The van der Waals surface area contributed by atoms with Gasteiger partial charge in [-0.1, -0.05) is 12.1 Å². The molecule has 336 valence electrons. The lowest BCUT2D eigenvalue weighted by molar-refractivity contribution is -0.0446. The van der Waals surface area contributed by atoms with Crippen LogP contribution in [0.25, 0.3) is 98.4 Å². The number of Topliss-reactive ketones (excluding diaryl/α,β-unsaturated/α-hetero) is 2. The Balaban J connectivity index is 1.18. The maximum Gasteiger partial charge on any atom is 0.310 e. The maximum absolute atomic E-state index is 17.0. The largest absolute Gasteiger partial charge is 0.310 e. The topological polar surface area (TPSA) is 43.0 Å². The van der Waals surface area contributed by atoms with Crippen molar-refractivity contribution >= 4 is 87.8 Å². The maximum atomic E-state index is 17.0. The number of hydrogen-bond acceptors (Lipinski definition) is 2. The molecule has 2 bridgehead atoms. The summed E-state index contributed by atoms with van der Waals surface area (Å²) in [6, 6.07) is 21.3. The highest BCUT2D eigenvalue weighted by Crippen LogP contribution is 2.55. The van der Waals surface area contributed by atoms with Gasteiger partial charge in [-0.05, 0) is 122 Å². The van der Waals surface area contributed by atoms with Gasteiger partial charge < -0.3 is 8.80 Å². The molecule has 0 atom stereocenters. The molecule has 4 aliphatic carbocycles. The molecule has 0 saturated heterocycles. The Bertz CT molecular complexity index is 4060. The van der Waals surface area contributed by atoms with Gasteiger partial charge in [-0.3, -0.25) is 9.59 Å². The number of benzene rings is 7. The zero-order chi connectivity index (χ0) is 46.9. The monoisotopic (exact) mass is 926 g/mol. The molecule has 0 aliphatic heterocycles. The molecule has 4 aliphatic rings. The third kappa shape index (κ3) is 4.82. The zero-order valence-electron chi connectivity index (χ0n) is 35.0. The number of alkyl halides is 6. The van der Waals surface area contributed by atoms with Crippen molar-refractivity contribution in [2.45, 2.75) is 61.7 Å². The number of fused-ring (bicyclic) bond motifs is 15. The van der Waals surface area contributed by atoms with Gasteiger partial charge in [0, 0.05) is 78.2 Å². The predicted octanol–water partition coefficient (Wildman–Crippen LogP) is 15.2. The number of halogens is 10. The van der Waals surface area contributed by atoms with E-state index >= 15 is 43.9 Å². The van der Waals surface area contributed by atoms with Crippen LogP contribution in [0.5, 0.6) is 0 Å². The van der Waals surface area contributed by atoms with E-state index in [1.807, 2.05) is 0 Å². The molecule has 1 fully saturated rings. The number of ketones is 2. The highest BCUT2D eigenvalue weighted by molar-refractivity contribution is 6.30. The van der Waals surface area contributed by atoms with Crippen molar-refractivity contribution in [1.29, 1.82) is 0 Å². The van der Waals surface area contributed by atoms with Gasteiger partial charge in [0.25, 0.3) is 5.92 Å². The van der Waals surface area contributed by atoms with Crippen LogP contribution in [0.4, 0.5) is 43.9 Å². The van der Waals surface area contributed by atoms with E-state index in [2.05, 4.69) is 0 Å². The van der Waals surface area contributed by atoms with Crippen LogP contribution in [0.3, 0.4) is 0 Å². The summed E-state index contributed by atoms with van der Waals surface area (Å²) in [5.41, 5.74) is -4.81. The van der Waals surface area contributed by atoms with E-state index in [4.69, 9.17) is 0 Å². The lowest BCUT2D eigenvalue weighted by Gasteiger charge is -2.32. The number of hydrogen-bond donors (Lipinski definition) is 0. The van der Waals surface area contributed by atoms with Crippen molar-refractivity contribution in [3.05, 3.63) is 143 Å². The van der Waals surface area contributed by atoms with Crippen LogP contribution in [-0.2, 0) is 11.6 Å². The van der Waals surface area contributed by atoms with Crippen molar-refractivity contribution in [1.82, 2.24) is 8.80 Å². The number of nitrogens with zero attached hydrogens (tertiary/aromatic N) is 2. The Morgan fingerprint density at radius 2 is 0.750 bits per heavy atom. The molecule has 0 N–H and O–H groups in total. The Kier molecular flexibility index (Phi) is 7.31. The van der Waals surface area contributed by atoms with Crippen LogP contribution < -0.4 is 0 Å². The van der Waals surface area contributed by atoms with Crippen molar-refractivity contribution in [3.8, 4) is 22.3 Å². The lowest BCUT2D eigenvalue weighted by atomic mass is 9.78. The van der Waals surface area contributed by atoms with Gasteiger partial charge in [-0.25, -0.2) is 35.1 Å². The first-order valence-corrected chi connectivity index (χ1v) is 22.0. The quantitative estimate of drug-likeness (QED) is 0.128. The summed E-state index contributed by atoms with van der Waals surface area (Å²) < 4.78 is 162. The van der Waals surface area contributed by atoms with Crippen molar-refractivity contribution in [2.24, 2.45) is 0 Å². The fourth-order valence-corrected chi connectivity index (χ4v) is 12.1. The number of carbonyl (C=O) groups is 2. The molecule has 4 aromatic heterocycles. The average molecular weight is 927 g/mol. The fraction of sp³-hybridized carbons (Fsp3) is 0.185. The van der Waals surface area contributed by atoms with Crippen molar-refractivity contribution in [2.75, 3.05) is 0 Å². The summed E-state index contributed by atoms with van der Waals surface area (Å²) in [5.74, 6) is -14.2. The van der Waals surface area contributed by atoms with Crippen LogP contribution >= 0.6 is 0 Å². The molecule has 0 unspecified atom stereocenters. The molecule has 0 spiro atoms. The van der Waals surface area contributed by atoms with Crippen LogP contribution in [0, 0.1) is 23.3 Å². The molecule has 4 nitrogen and oxygen atoms in total. The minimum absolute atomic E-state index is 0.0181. The molecule has 1 saturated carbocycles. The third-order valence-electron chi connectivity index (χ3n) is 15.4. The highest BCUT2D eigenvalue weighted by atomic mass is 19.3. The van der Waals surface area contributed by atoms with E-state index in [1.165, 1.54) is 36.4 Å². The van der Waals surface area contributed by atoms with Crippen LogP contribution in [0.2, 0.25) is 0 Å². The second-order valence-electron chi connectivity index (χ2n) is 18.9. The molecular weight excluding hydrogens is 899 g/mol. The lowest BCUT2D eigenvalue weighted by Crippen LogP contribution is -2.37. The van der Waals surface area contributed by atoms with E-state index in [1.54, 1.807) is 33.1 Å². The second-order valence-corrected chi connectivity index (χ2v) is 18.9. The Morgan fingerprint density at radius 1 is 0.382 bits per heavy atom. The molecule has 4 heterocycles. The standard InChI is InChI=1S/C54H28F10N2O2/c55-37-3-1-4-38(56)45(37)23-13-29-25-17-35-33(49(67)52(60)9-7-51(35,59)8-10-52)21-43(25)65-41-19-28-32-16-24(46-39(57)5-2-6-40(46)58)14-30-26-18-36-34(50(68)54(63,64)12-11-53(36,61)62)22-44(26)66(48(30)32)42(28)20-27(41)31(15-23)47(29)65/h1-6,13-22H,7-12H2. The number of aromatic nitrogens is 2. The van der Waals surface area contributed by atoms with Gasteiger partial charge in [0.2, 0.25) is 5.78 Å². The third-order valence-corrected chi connectivity index (χ3v) is 15.4. The highest BCUT2D eigenvalue weighted by Gasteiger charge is 2.55. The van der Waals surface area contributed by atoms with Gasteiger partial charge in [0.1, 0.15) is 28.9 Å². The normalized spacial score (nSPS) is 21.4. The molecule has 11 aromatic rings. The predicted molar refractivity (Wildman–Crippen MR) is 238 cm³/mol. The van der Waals surface area contributed by atoms with Gasteiger partial charge in [-0.2, -0.15) is 8.78 Å². The number of rotatable bonds is 2. The first-order chi connectivity index (χ1) is 32.4. The van der Waals surface area contributed by atoms with Crippen molar-refractivity contribution in [3.63, 3.8) is 0 Å². The molecule has 15 rings (SSSR count). The minimum Gasteiger partial charge on any atom is -0.308 e. The fourth-order valence-electron chi connectivity index (χ4n) is 12.1. The molecule has 68 heavy (non-hydrogen) atoms. The van der Waals surface area contributed by atoms with Gasteiger partial charge in [0.05, 0.1) is 44.2 Å². The Labute approximate surface area is 375 Å². The average Bonchev–Trinajstić information content (AvgIpc) is 3.98. The summed E-state index contributed by atoms with van der Waals surface area (Å²) >= 11 is 0. The summed E-state index contributed by atoms with van der Waals surface area (Å²) in [5, 5.41) is 2.79. The summed E-state index contributed by atoms with van der Waals surface area (Å²) in [6.45, 7) is 0. The molecular formula is C54H28F10N2O2. The van der Waals surface area contributed by atoms with Crippen LogP contribution in [-0.4, -0.2) is 32.0 Å². The van der Waals surface area contributed by atoms with Gasteiger partial charge in [0.15, 0.2) is 11.5 Å². The molecule has 14 heteroatoms. The van der Waals surface area contributed by atoms with E-state index < -0.39 is 87.5 Å². The Hall–Kier alpha value is -7.22. The zero-order valence-corrected chi connectivity index (χ0v) is 35.0. The van der Waals surface area contributed by atoms with Crippen LogP contribution in [0.1, 0.15) is 70.4 Å². The molecule has 7 aromatic carbocycles. The molecule has 0 radical (unpaired) electrons. The van der Waals surface area contributed by atoms with E-state index in [-0.39, 0.29) is 69.8 Å². The van der Waals surface area contributed by atoms with Gasteiger partial charge >= 0.3 is 5.92 Å². The van der Waals surface area contributed by atoms with Crippen LogP contribution in [0.15, 0.2) is 97.1 Å². The van der Waals surface area contributed by atoms with E-state index in [9.17, 15) is 9.59 Å². The molecule has 0 amide bonds.